The number of nitro groups is 1. The molecule has 1 saturated heterocycles. The van der Waals surface area contributed by atoms with E-state index in [1.54, 1.807) is 13.8 Å². The van der Waals surface area contributed by atoms with Crippen LogP contribution in [0.15, 0.2) is 18.2 Å². The van der Waals surface area contributed by atoms with E-state index in [9.17, 15) is 14.9 Å². The predicted molar refractivity (Wildman–Crippen MR) is 101 cm³/mol. The van der Waals surface area contributed by atoms with E-state index < -0.39 is 4.92 Å². The molecule has 0 bridgehead atoms. The summed E-state index contributed by atoms with van der Waals surface area (Å²) in [6.07, 6.45) is 0. The predicted octanol–water partition coefficient (Wildman–Crippen LogP) is 2.19. The topological polar surface area (TPSA) is 103 Å². The van der Waals surface area contributed by atoms with Crippen molar-refractivity contribution in [3.05, 3.63) is 45.3 Å². The van der Waals surface area contributed by atoms with Crippen LogP contribution < -0.4 is 10.2 Å². The Morgan fingerprint density at radius 1 is 1.30 bits per heavy atom. The van der Waals surface area contributed by atoms with Crippen molar-refractivity contribution < 1.29 is 14.5 Å². The molecule has 2 aromatic rings. The smallest absolute Gasteiger partial charge is 0.312 e. The van der Waals surface area contributed by atoms with Crippen molar-refractivity contribution in [1.82, 2.24) is 9.78 Å². The Morgan fingerprint density at radius 3 is 2.59 bits per heavy atom. The summed E-state index contributed by atoms with van der Waals surface area (Å²) in [7, 11) is 0. The van der Waals surface area contributed by atoms with Gasteiger partial charge in [0.25, 0.3) is 0 Å². The summed E-state index contributed by atoms with van der Waals surface area (Å²) in [4.78, 5) is 25.2. The van der Waals surface area contributed by atoms with E-state index in [1.807, 2.05) is 25.1 Å². The Kier molecular flexibility index (Phi) is 5.41. The number of nitrogens with one attached hydrogen (secondary N) is 1. The molecule has 0 aliphatic carbocycles. The fourth-order valence-corrected chi connectivity index (χ4v) is 3.24. The second-order valence-corrected chi connectivity index (χ2v) is 6.58. The summed E-state index contributed by atoms with van der Waals surface area (Å²) in [6.45, 7) is 8.14. The van der Waals surface area contributed by atoms with Crippen LogP contribution in [0.1, 0.15) is 17.0 Å². The molecule has 1 aliphatic rings. The Balaban J connectivity index is 1.69. The number of carbonyl (C=O) groups excluding carboxylic acids is 1. The molecule has 0 spiro atoms. The maximum absolute atomic E-state index is 12.4. The van der Waals surface area contributed by atoms with Crippen LogP contribution >= 0.6 is 0 Å². The molecule has 0 atom stereocenters. The highest BCUT2D eigenvalue weighted by Gasteiger charge is 2.23. The fraction of sp³-hybridized carbons (Fsp3) is 0.444. The largest absolute Gasteiger partial charge is 0.378 e. The van der Waals surface area contributed by atoms with Crippen LogP contribution in [0.4, 0.5) is 17.1 Å². The second kappa shape index (κ2) is 7.75. The van der Waals surface area contributed by atoms with Gasteiger partial charge in [-0.1, -0.05) is 0 Å². The summed E-state index contributed by atoms with van der Waals surface area (Å²) in [6, 6.07) is 5.89. The van der Waals surface area contributed by atoms with E-state index in [2.05, 4.69) is 15.3 Å². The molecule has 1 aromatic heterocycles. The number of carbonyl (C=O) groups is 1. The van der Waals surface area contributed by atoms with Crippen LogP contribution in [-0.2, 0) is 16.1 Å². The third-order valence-electron chi connectivity index (χ3n) is 4.68. The lowest BCUT2D eigenvalue weighted by Gasteiger charge is -2.29. The van der Waals surface area contributed by atoms with Gasteiger partial charge in [0.2, 0.25) is 5.91 Å². The monoisotopic (exact) mass is 373 g/mol. The van der Waals surface area contributed by atoms with E-state index in [0.29, 0.717) is 30.3 Å². The number of aromatic nitrogens is 2. The SMILES string of the molecule is Cc1cc(N2CCOCC2)ccc1NC(=O)Cn1nc(C)c([N+](=O)[O-])c1C. The zero-order valence-electron chi connectivity index (χ0n) is 15.7. The van der Waals surface area contributed by atoms with Crippen molar-refractivity contribution in [3.8, 4) is 0 Å². The third kappa shape index (κ3) is 4.08. The van der Waals surface area contributed by atoms with Crippen LogP contribution in [0.2, 0.25) is 0 Å². The van der Waals surface area contributed by atoms with Gasteiger partial charge in [-0.05, 0) is 44.5 Å². The van der Waals surface area contributed by atoms with Gasteiger partial charge < -0.3 is 15.0 Å². The lowest BCUT2D eigenvalue weighted by molar-refractivity contribution is -0.386. The quantitative estimate of drug-likeness (QED) is 0.637. The van der Waals surface area contributed by atoms with E-state index in [1.165, 1.54) is 4.68 Å². The van der Waals surface area contributed by atoms with Crippen molar-refractivity contribution >= 4 is 23.0 Å². The highest BCUT2D eigenvalue weighted by atomic mass is 16.6. The van der Waals surface area contributed by atoms with Gasteiger partial charge in [-0.2, -0.15) is 5.10 Å². The summed E-state index contributed by atoms with van der Waals surface area (Å²) < 4.78 is 6.73. The number of hydrogen-bond acceptors (Lipinski definition) is 6. The minimum atomic E-state index is -0.472. The van der Waals surface area contributed by atoms with Gasteiger partial charge in [0.15, 0.2) is 0 Å². The summed E-state index contributed by atoms with van der Waals surface area (Å²) in [5.41, 5.74) is 3.39. The molecule has 1 aliphatic heterocycles. The maximum atomic E-state index is 12.4. The van der Waals surface area contributed by atoms with Crippen LogP contribution in [0.3, 0.4) is 0 Å². The molecular formula is C18H23N5O4. The van der Waals surface area contributed by atoms with Crippen LogP contribution in [0, 0.1) is 30.9 Å². The summed E-state index contributed by atoms with van der Waals surface area (Å²) >= 11 is 0. The molecule has 1 aromatic carbocycles. The van der Waals surface area contributed by atoms with Crippen LogP contribution in [-0.4, -0.2) is 46.9 Å². The minimum Gasteiger partial charge on any atom is -0.378 e. The van der Waals surface area contributed by atoms with Crippen molar-refractivity contribution in [2.75, 3.05) is 36.5 Å². The van der Waals surface area contributed by atoms with E-state index in [4.69, 9.17) is 4.74 Å². The van der Waals surface area contributed by atoms with Crippen molar-refractivity contribution in [1.29, 1.82) is 0 Å². The van der Waals surface area contributed by atoms with Gasteiger partial charge in [-0.3, -0.25) is 19.6 Å². The van der Waals surface area contributed by atoms with Crippen LogP contribution in [0.25, 0.3) is 0 Å². The summed E-state index contributed by atoms with van der Waals surface area (Å²) in [5.74, 6) is -0.280. The zero-order valence-corrected chi connectivity index (χ0v) is 15.7. The number of rotatable bonds is 5. The molecule has 9 nitrogen and oxygen atoms in total. The molecule has 0 radical (unpaired) electrons. The Hall–Kier alpha value is -2.94. The number of amides is 1. The number of morpholine rings is 1. The molecule has 144 valence electrons. The van der Waals surface area contributed by atoms with Crippen molar-refractivity contribution in [3.63, 3.8) is 0 Å². The molecule has 27 heavy (non-hydrogen) atoms. The average molecular weight is 373 g/mol. The zero-order chi connectivity index (χ0) is 19.6. The number of hydrogen-bond donors (Lipinski definition) is 1. The maximum Gasteiger partial charge on any atom is 0.312 e. The standard InChI is InChI=1S/C18H23N5O4/c1-12-10-15(21-6-8-27-9-7-21)4-5-16(12)19-17(24)11-22-14(3)18(23(25)26)13(2)20-22/h4-5,10H,6-9,11H2,1-3H3,(H,19,24). The first kappa shape index (κ1) is 18.8. The fourth-order valence-electron chi connectivity index (χ4n) is 3.24. The first-order chi connectivity index (χ1) is 12.9. The molecule has 1 N–H and O–H groups in total. The van der Waals surface area contributed by atoms with Gasteiger partial charge >= 0.3 is 5.69 Å². The Morgan fingerprint density at radius 2 is 2.00 bits per heavy atom. The van der Waals surface area contributed by atoms with Crippen molar-refractivity contribution in [2.45, 2.75) is 27.3 Å². The van der Waals surface area contributed by atoms with E-state index in [0.717, 1.165) is 24.3 Å². The molecule has 3 rings (SSSR count). The van der Waals surface area contributed by atoms with Gasteiger partial charge in [-0.15, -0.1) is 0 Å². The van der Waals surface area contributed by atoms with Gasteiger partial charge in [0.1, 0.15) is 17.9 Å². The van der Waals surface area contributed by atoms with Gasteiger partial charge in [-0.25, -0.2) is 0 Å². The Labute approximate surface area is 157 Å². The highest BCUT2D eigenvalue weighted by Crippen LogP contribution is 2.24. The minimum absolute atomic E-state index is 0.0474. The number of nitrogens with zero attached hydrogens (tertiary/aromatic N) is 4. The number of benzene rings is 1. The number of ether oxygens (including phenoxy) is 1. The molecule has 2 heterocycles. The third-order valence-corrected chi connectivity index (χ3v) is 4.68. The second-order valence-electron chi connectivity index (χ2n) is 6.58. The Bertz CT molecular complexity index is 871. The molecule has 1 fully saturated rings. The first-order valence-corrected chi connectivity index (χ1v) is 8.78. The molecule has 1 amide bonds. The first-order valence-electron chi connectivity index (χ1n) is 8.78. The highest BCUT2D eigenvalue weighted by molar-refractivity contribution is 5.91. The summed E-state index contributed by atoms with van der Waals surface area (Å²) in [5, 5.41) is 18.0. The molecule has 9 heteroatoms. The number of anilines is 2. The van der Waals surface area contributed by atoms with Crippen LogP contribution in [0.5, 0.6) is 0 Å². The molecule has 0 saturated carbocycles. The lowest BCUT2D eigenvalue weighted by atomic mass is 10.1. The molecular weight excluding hydrogens is 350 g/mol. The van der Waals surface area contributed by atoms with E-state index in [-0.39, 0.29) is 18.1 Å². The normalized spacial score (nSPS) is 14.3. The lowest BCUT2D eigenvalue weighted by Crippen LogP contribution is -2.36. The van der Waals surface area contributed by atoms with Gasteiger partial charge in [0, 0.05) is 24.5 Å². The van der Waals surface area contributed by atoms with Gasteiger partial charge in [0.05, 0.1) is 18.1 Å². The molecule has 0 unspecified atom stereocenters. The average Bonchev–Trinajstić information content (AvgIpc) is 2.91. The van der Waals surface area contributed by atoms with E-state index >= 15 is 0 Å². The van der Waals surface area contributed by atoms with Crippen molar-refractivity contribution in [2.24, 2.45) is 0 Å². The number of aryl methyl sites for hydroxylation is 2.